The van der Waals surface area contributed by atoms with Crippen molar-refractivity contribution in [2.45, 2.75) is 83.9 Å². The molecule has 2 unspecified atom stereocenters. The number of nitrogens with zero attached hydrogens (tertiary/aromatic N) is 3. The Hall–Kier alpha value is -2.13. The SMILES string of the molecule is CC(C)(C)OC(=O)N1CCC(n2nc(B3OC(C)(C)C(C)(C)O3)c3ccccc32)C(F)C1. The second-order valence-electron chi connectivity index (χ2n) is 10.7. The highest BCUT2D eigenvalue weighted by atomic mass is 19.1. The van der Waals surface area contributed by atoms with Crippen LogP contribution in [-0.2, 0) is 14.0 Å². The maximum absolute atomic E-state index is 15.4. The van der Waals surface area contributed by atoms with Gasteiger partial charge in [-0.2, -0.15) is 5.10 Å². The van der Waals surface area contributed by atoms with Gasteiger partial charge in [-0.05, 0) is 61.0 Å². The fourth-order valence-electron chi connectivity index (χ4n) is 4.16. The fraction of sp³-hybridized carbons (Fsp3) is 0.652. The molecule has 2 saturated heterocycles. The topological polar surface area (TPSA) is 65.8 Å². The van der Waals surface area contributed by atoms with Crippen LogP contribution in [0, 0.1) is 0 Å². The van der Waals surface area contributed by atoms with Gasteiger partial charge in [-0.3, -0.25) is 4.68 Å². The number of hydrogen-bond donors (Lipinski definition) is 0. The Labute approximate surface area is 189 Å². The maximum atomic E-state index is 15.4. The number of amides is 1. The Morgan fingerprint density at radius 3 is 2.41 bits per heavy atom. The number of halogens is 1. The number of likely N-dealkylation sites (tertiary alicyclic amines) is 1. The first-order valence-corrected chi connectivity index (χ1v) is 11.2. The zero-order valence-electron chi connectivity index (χ0n) is 20.0. The van der Waals surface area contributed by atoms with Gasteiger partial charge in [0.05, 0.1) is 29.3 Å². The number of ether oxygens (including phenoxy) is 1. The van der Waals surface area contributed by atoms with E-state index in [1.54, 1.807) is 25.5 Å². The number of carbonyl (C=O) groups is 1. The predicted octanol–water partition coefficient (Wildman–Crippen LogP) is 3.86. The average molecular weight is 445 g/mol. The number of hydrogen-bond acceptors (Lipinski definition) is 5. The van der Waals surface area contributed by atoms with Gasteiger partial charge in [-0.25, -0.2) is 9.18 Å². The number of benzene rings is 1. The van der Waals surface area contributed by atoms with Crippen molar-refractivity contribution in [2.24, 2.45) is 0 Å². The predicted molar refractivity (Wildman–Crippen MR) is 122 cm³/mol. The molecule has 3 heterocycles. The maximum Gasteiger partial charge on any atom is 0.517 e. The normalized spacial score (nSPS) is 25.4. The van der Waals surface area contributed by atoms with Crippen LogP contribution in [-0.4, -0.2) is 64.0 Å². The Balaban J connectivity index is 1.61. The first kappa shape index (κ1) is 23.0. The Bertz CT molecular complexity index is 1000. The highest BCUT2D eigenvalue weighted by molar-refractivity contribution is 6.64. The second kappa shape index (κ2) is 7.73. The summed E-state index contributed by atoms with van der Waals surface area (Å²) in [5.74, 6) is 0. The van der Waals surface area contributed by atoms with Crippen LogP contribution < -0.4 is 5.59 Å². The number of para-hydroxylation sites is 1. The van der Waals surface area contributed by atoms with Gasteiger partial charge in [0.15, 0.2) is 0 Å². The molecule has 4 rings (SSSR count). The number of fused-ring (bicyclic) bond motifs is 1. The number of rotatable bonds is 2. The fourth-order valence-corrected chi connectivity index (χ4v) is 4.16. The molecular weight excluding hydrogens is 412 g/mol. The molecule has 0 N–H and O–H groups in total. The van der Waals surface area contributed by atoms with Gasteiger partial charge >= 0.3 is 13.2 Å². The molecule has 1 aromatic carbocycles. The molecule has 0 bridgehead atoms. The quantitative estimate of drug-likeness (QED) is 0.657. The minimum absolute atomic E-state index is 0.0282. The third-order valence-corrected chi connectivity index (χ3v) is 6.59. The van der Waals surface area contributed by atoms with E-state index in [4.69, 9.17) is 19.1 Å². The van der Waals surface area contributed by atoms with Crippen molar-refractivity contribution in [3.63, 3.8) is 0 Å². The van der Waals surface area contributed by atoms with Crippen LogP contribution in [0.2, 0.25) is 0 Å². The van der Waals surface area contributed by atoms with E-state index in [-0.39, 0.29) is 6.54 Å². The van der Waals surface area contributed by atoms with Gasteiger partial charge in [0, 0.05) is 11.9 Å². The largest absolute Gasteiger partial charge is 0.517 e. The molecule has 2 aromatic rings. The lowest BCUT2D eigenvalue weighted by Crippen LogP contribution is -2.47. The molecule has 1 amide bonds. The standard InChI is InChI=1S/C23H33BFN3O4/c1-21(2,3)30-20(29)27-13-12-18(16(25)14-27)28-17-11-9-8-10-15(17)19(26-28)24-31-22(4,5)23(6,7)32-24/h8-11,16,18H,12-14H2,1-7H3. The van der Waals surface area contributed by atoms with E-state index in [9.17, 15) is 4.79 Å². The monoisotopic (exact) mass is 445 g/mol. The first-order chi connectivity index (χ1) is 14.8. The molecule has 0 spiro atoms. The summed E-state index contributed by atoms with van der Waals surface area (Å²) in [5.41, 5.74) is -0.125. The van der Waals surface area contributed by atoms with Crippen molar-refractivity contribution >= 4 is 29.7 Å². The minimum atomic E-state index is -1.27. The van der Waals surface area contributed by atoms with Crippen LogP contribution in [0.1, 0.15) is 60.9 Å². The number of carbonyl (C=O) groups excluding carboxylic acids is 1. The lowest BCUT2D eigenvalue weighted by molar-refractivity contribution is 0.00578. The molecule has 0 saturated carbocycles. The summed E-state index contributed by atoms with van der Waals surface area (Å²) in [6, 6.07) is 7.25. The van der Waals surface area contributed by atoms with Crippen molar-refractivity contribution < 1.29 is 23.2 Å². The number of alkyl halides is 1. The Morgan fingerprint density at radius 2 is 1.81 bits per heavy atom. The van der Waals surface area contributed by atoms with Crippen LogP contribution in [0.25, 0.3) is 10.9 Å². The molecule has 32 heavy (non-hydrogen) atoms. The van der Waals surface area contributed by atoms with Crippen LogP contribution >= 0.6 is 0 Å². The summed E-state index contributed by atoms with van der Waals surface area (Å²) in [5, 5.41) is 5.68. The van der Waals surface area contributed by atoms with Gasteiger partial charge in [0.2, 0.25) is 0 Å². The van der Waals surface area contributed by atoms with E-state index in [0.29, 0.717) is 18.6 Å². The molecule has 2 atom stereocenters. The summed E-state index contributed by atoms with van der Waals surface area (Å²) in [7, 11) is -0.633. The van der Waals surface area contributed by atoms with E-state index in [2.05, 4.69) is 0 Å². The summed E-state index contributed by atoms with van der Waals surface area (Å²) in [6.45, 7) is 13.8. The van der Waals surface area contributed by atoms with Gasteiger partial charge in [-0.15, -0.1) is 0 Å². The van der Waals surface area contributed by atoms with Crippen LogP contribution in [0.4, 0.5) is 9.18 Å². The first-order valence-electron chi connectivity index (χ1n) is 11.2. The van der Waals surface area contributed by atoms with E-state index in [1.165, 1.54) is 4.90 Å². The third kappa shape index (κ3) is 4.12. The summed E-state index contributed by atoms with van der Waals surface area (Å²) in [4.78, 5) is 13.8. The number of aromatic nitrogens is 2. The van der Waals surface area contributed by atoms with Crippen molar-refractivity contribution in [1.82, 2.24) is 14.7 Å². The van der Waals surface area contributed by atoms with Crippen molar-refractivity contribution in [2.75, 3.05) is 13.1 Å². The summed E-state index contributed by atoms with van der Waals surface area (Å²) in [6.07, 6.45) is -1.32. The Kier molecular flexibility index (Phi) is 5.57. The van der Waals surface area contributed by atoms with Crippen molar-refractivity contribution in [1.29, 1.82) is 0 Å². The molecule has 9 heteroatoms. The zero-order valence-corrected chi connectivity index (χ0v) is 20.0. The molecule has 2 aliphatic rings. The average Bonchev–Trinajstić information content (AvgIpc) is 3.14. The molecule has 1 aromatic heterocycles. The summed E-state index contributed by atoms with van der Waals surface area (Å²) < 4.78 is 35.0. The Morgan fingerprint density at radius 1 is 1.19 bits per heavy atom. The molecule has 7 nitrogen and oxygen atoms in total. The lowest BCUT2D eigenvalue weighted by Gasteiger charge is -2.35. The smallest absolute Gasteiger partial charge is 0.444 e. The van der Waals surface area contributed by atoms with Gasteiger partial charge in [-0.1, -0.05) is 18.2 Å². The molecule has 2 aliphatic heterocycles. The van der Waals surface area contributed by atoms with Gasteiger partial charge in [0.25, 0.3) is 0 Å². The third-order valence-electron chi connectivity index (χ3n) is 6.59. The second-order valence-corrected chi connectivity index (χ2v) is 10.7. The van der Waals surface area contributed by atoms with E-state index >= 15 is 4.39 Å². The van der Waals surface area contributed by atoms with Crippen LogP contribution in [0.5, 0.6) is 0 Å². The van der Waals surface area contributed by atoms with Gasteiger partial charge < -0.3 is 18.9 Å². The van der Waals surface area contributed by atoms with Crippen molar-refractivity contribution in [3.05, 3.63) is 24.3 Å². The van der Waals surface area contributed by atoms with E-state index in [1.807, 2.05) is 52.0 Å². The van der Waals surface area contributed by atoms with Crippen molar-refractivity contribution in [3.8, 4) is 0 Å². The summed E-state index contributed by atoms with van der Waals surface area (Å²) >= 11 is 0. The van der Waals surface area contributed by atoms with E-state index < -0.39 is 42.2 Å². The zero-order chi connectivity index (χ0) is 23.5. The number of piperidine rings is 1. The molecule has 0 aliphatic carbocycles. The molecular formula is C23H33BFN3O4. The highest BCUT2D eigenvalue weighted by Gasteiger charge is 2.53. The van der Waals surface area contributed by atoms with E-state index in [0.717, 1.165) is 10.9 Å². The molecule has 0 radical (unpaired) electrons. The molecule has 174 valence electrons. The highest BCUT2D eigenvalue weighted by Crippen LogP contribution is 2.37. The van der Waals surface area contributed by atoms with Gasteiger partial charge in [0.1, 0.15) is 17.4 Å². The lowest BCUT2D eigenvalue weighted by atomic mass is 9.82. The molecule has 2 fully saturated rings. The minimum Gasteiger partial charge on any atom is -0.444 e. The van der Waals surface area contributed by atoms with Crippen LogP contribution in [0.15, 0.2) is 24.3 Å². The van der Waals surface area contributed by atoms with Crippen LogP contribution in [0.3, 0.4) is 0 Å².